The minimum Gasteiger partial charge on any atom is -0.494 e. The predicted octanol–water partition coefficient (Wildman–Crippen LogP) is 3.98. The molecule has 134 valence electrons. The molecule has 0 aliphatic carbocycles. The molecule has 2 heterocycles. The lowest BCUT2D eigenvalue weighted by atomic mass is 10.2. The van der Waals surface area contributed by atoms with Gasteiger partial charge in [-0.2, -0.15) is 0 Å². The number of nitrogens with zero attached hydrogens (tertiary/aromatic N) is 2. The summed E-state index contributed by atoms with van der Waals surface area (Å²) in [7, 11) is 0. The van der Waals surface area contributed by atoms with Crippen LogP contribution < -0.4 is 9.64 Å². The van der Waals surface area contributed by atoms with Crippen molar-refractivity contribution in [2.24, 2.45) is 0 Å². The fourth-order valence-electron chi connectivity index (χ4n) is 3.37. The average Bonchev–Trinajstić information content (AvgIpc) is 3.18. The summed E-state index contributed by atoms with van der Waals surface area (Å²) in [5.41, 5.74) is 2.74. The van der Waals surface area contributed by atoms with E-state index in [1.54, 1.807) is 16.7 Å². The van der Waals surface area contributed by atoms with Gasteiger partial charge in [-0.3, -0.25) is 9.69 Å². The number of anilines is 1. The van der Waals surface area contributed by atoms with E-state index in [0.717, 1.165) is 16.9 Å². The zero-order chi connectivity index (χ0) is 18.3. The first-order chi connectivity index (χ1) is 12.6. The molecule has 0 bridgehead atoms. The molecule has 2 atom stereocenters. The van der Waals surface area contributed by atoms with E-state index in [4.69, 9.17) is 4.74 Å². The number of rotatable bonds is 4. The molecule has 2 aromatic rings. The minimum atomic E-state index is -0.398. The highest BCUT2D eigenvalue weighted by atomic mass is 32.2. The van der Waals surface area contributed by atoms with Crippen LogP contribution in [-0.4, -0.2) is 35.2 Å². The van der Waals surface area contributed by atoms with E-state index in [1.807, 2.05) is 62.4 Å². The average molecular weight is 368 g/mol. The van der Waals surface area contributed by atoms with Crippen molar-refractivity contribution in [2.45, 2.75) is 25.3 Å². The number of hydrogen-bond donors (Lipinski definition) is 0. The van der Waals surface area contributed by atoms with E-state index >= 15 is 0 Å². The van der Waals surface area contributed by atoms with E-state index in [2.05, 4.69) is 0 Å². The summed E-state index contributed by atoms with van der Waals surface area (Å²) in [6, 6.07) is 14.6. The summed E-state index contributed by atoms with van der Waals surface area (Å²) in [6.45, 7) is 4.54. The fourth-order valence-corrected chi connectivity index (χ4v) is 4.79. The molecular formula is C20H20N2O3S. The Kier molecular flexibility index (Phi) is 4.36. The maximum Gasteiger partial charge on any atom is 0.333 e. The molecule has 0 spiro atoms. The molecule has 6 heteroatoms. The minimum absolute atomic E-state index is 0.139. The van der Waals surface area contributed by atoms with E-state index in [1.165, 1.54) is 4.90 Å². The van der Waals surface area contributed by atoms with Gasteiger partial charge in [-0.15, -0.1) is 11.8 Å². The van der Waals surface area contributed by atoms with Crippen molar-refractivity contribution < 1.29 is 14.3 Å². The third-order valence-corrected chi connectivity index (χ3v) is 6.01. The van der Waals surface area contributed by atoms with Gasteiger partial charge in [0.1, 0.15) is 17.2 Å². The molecule has 0 aromatic heterocycles. The Bertz CT molecular complexity index is 835. The smallest absolute Gasteiger partial charge is 0.333 e. The number of urea groups is 1. The van der Waals surface area contributed by atoms with Crippen molar-refractivity contribution in [1.82, 2.24) is 4.90 Å². The molecule has 2 unspecified atom stereocenters. The number of carbonyl (C=O) groups excluding carboxylic acids is 2. The number of thioether (sulfide) groups is 1. The predicted molar refractivity (Wildman–Crippen MR) is 102 cm³/mol. The Morgan fingerprint density at radius 2 is 1.77 bits per heavy atom. The SMILES string of the molecule is CCOc1ccc(C2SCC3C(=O)N(c4ccc(C)cc4)C(=O)N32)cc1. The molecule has 0 N–H and O–H groups in total. The van der Waals surface area contributed by atoms with Gasteiger partial charge in [0.2, 0.25) is 0 Å². The lowest BCUT2D eigenvalue weighted by Gasteiger charge is -2.23. The van der Waals surface area contributed by atoms with Gasteiger partial charge in [0.25, 0.3) is 5.91 Å². The lowest BCUT2D eigenvalue weighted by Crippen LogP contribution is -2.33. The fraction of sp³-hybridized carbons (Fsp3) is 0.300. The van der Waals surface area contributed by atoms with E-state index in [-0.39, 0.29) is 17.3 Å². The van der Waals surface area contributed by atoms with Gasteiger partial charge in [-0.05, 0) is 43.7 Å². The van der Waals surface area contributed by atoms with Crippen LogP contribution in [0.3, 0.4) is 0 Å². The zero-order valence-corrected chi connectivity index (χ0v) is 15.5. The Morgan fingerprint density at radius 1 is 1.08 bits per heavy atom. The summed E-state index contributed by atoms with van der Waals surface area (Å²) < 4.78 is 5.48. The second-order valence-corrected chi connectivity index (χ2v) is 7.52. The van der Waals surface area contributed by atoms with Crippen LogP contribution in [0.25, 0.3) is 0 Å². The highest BCUT2D eigenvalue weighted by molar-refractivity contribution is 7.99. The van der Waals surface area contributed by atoms with Crippen molar-refractivity contribution in [2.75, 3.05) is 17.3 Å². The number of hydrogen-bond acceptors (Lipinski definition) is 4. The first-order valence-corrected chi connectivity index (χ1v) is 9.72. The summed E-state index contributed by atoms with van der Waals surface area (Å²) >= 11 is 1.63. The van der Waals surface area contributed by atoms with Crippen LogP contribution in [0.4, 0.5) is 10.5 Å². The Balaban J connectivity index is 1.61. The van der Waals surface area contributed by atoms with Gasteiger partial charge in [-0.1, -0.05) is 29.8 Å². The number of carbonyl (C=O) groups is 2. The second-order valence-electron chi connectivity index (χ2n) is 6.40. The topological polar surface area (TPSA) is 49.9 Å². The Morgan fingerprint density at radius 3 is 2.42 bits per heavy atom. The van der Waals surface area contributed by atoms with Gasteiger partial charge in [-0.25, -0.2) is 9.69 Å². The zero-order valence-electron chi connectivity index (χ0n) is 14.7. The maximum absolute atomic E-state index is 13.0. The monoisotopic (exact) mass is 368 g/mol. The summed E-state index contributed by atoms with van der Waals surface area (Å²) in [5, 5.41) is -0.150. The molecule has 2 saturated heterocycles. The normalized spacial score (nSPS) is 22.1. The molecule has 5 nitrogen and oxygen atoms in total. The van der Waals surface area contributed by atoms with Crippen molar-refractivity contribution in [3.05, 3.63) is 59.7 Å². The second kappa shape index (κ2) is 6.68. The van der Waals surface area contributed by atoms with Crippen molar-refractivity contribution >= 4 is 29.4 Å². The van der Waals surface area contributed by atoms with E-state index in [0.29, 0.717) is 18.0 Å². The molecule has 0 radical (unpaired) electrons. The molecule has 2 aliphatic rings. The van der Waals surface area contributed by atoms with Crippen molar-refractivity contribution in [3.8, 4) is 5.75 Å². The number of ether oxygens (including phenoxy) is 1. The molecule has 2 aromatic carbocycles. The van der Waals surface area contributed by atoms with Crippen LogP contribution in [0.2, 0.25) is 0 Å². The molecule has 2 fully saturated rings. The van der Waals surface area contributed by atoms with E-state index in [9.17, 15) is 9.59 Å². The van der Waals surface area contributed by atoms with Crippen molar-refractivity contribution in [1.29, 1.82) is 0 Å². The first kappa shape index (κ1) is 17.0. The van der Waals surface area contributed by atoms with Crippen LogP contribution in [0.15, 0.2) is 48.5 Å². The third kappa shape index (κ3) is 2.74. The molecule has 2 aliphatic heterocycles. The van der Waals surface area contributed by atoms with Gasteiger partial charge >= 0.3 is 6.03 Å². The molecule has 26 heavy (non-hydrogen) atoms. The largest absolute Gasteiger partial charge is 0.494 e. The number of imide groups is 1. The van der Waals surface area contributed by atoms with Gasteiger partial charge < -0.3 is 4.74 Å². The molecule has 0 saturated carbocycles. The number of amides is 3. The summed E-state index contributed by atoms with van der Waals surface area (Å²) in [6.07, 6.45) is 0. The quantitative estimate of drug-likeness (QED) is 0.766. The van der Waals surface area contributed by atoms with Crippen LogP contribution >= 0.6 is 11.8 Å². The van der Waals surface area contributed by atoms with Gasteiger partial charge in [0.05, 0.1) is 12.3 Å². The number of fused-ring (bicyclic) bond motifs is 1. The number of benzene rings is 2. The van der Waals surface area contributed by atoms with Crippen molar-refractivity contribution in [3.63, 3.8) is 0 Å². The van der Waals surface area contributed by atoms with Crippen LogP contribution in [0.1, 0.15) is 23.4 Å². The molecule has 4 rings (SSSR count). The van der Waals surface area contributed by atoms with Gasteiger partial charge in [0, 0.05) is 5.75 Å². The Hall–Kier alpha value is -2.47. The maximum atomic E-state index is 13.0. The highest BCUT2D eigenvalue weighted by Gasteiger charge is 2.53. The standard InChI is InChI=1S/C20H20N2O3S/c1-3-25-16-10-6-14(7-11-16)19-22-17(12-26-19)18(23)21(20(22)24)15-8-4-13(2)5-9-15/h4-11,17,19H,3,12H2,1-2H3. The van der Waals surface area contributed by atoms with Crippen LogP contribution in [0.5, 0.6) is 5.75 Å². The van der Waals surface area contributed by atoms with Crippen LogP contribution in [0, 0.1) is 6.92 Å². The Labute approximate surface area is 156 Å². The van der Waals surface area contributed by atoms with Gasteiger partial charge in [0.15, 0.2) is 0 Å². The third-order valence-electron chi connectivity index (χ3n) is 4.69. The highest BCUT2D eigenvalue weighted by Crippen LogP contribution is 2.46. The number of aryl methyl sites for hydroxylation is 1. The summed E-state index contributed by atoms with van der Waals surface area (Å²) in [5.74, 6) is 1.28. The van der Waals surface area contributed by atoms with E-state index < -0.39 is 6.04 Å². The van der Waals surface area contributed by atoms with Crippen LogP contribution in [-0.2, 0) is 4.79 Å². The first-order valence-electron chi connectivity index (χ1n) is 8.67. The lowest BCUT2D eigenvalue weighted by molar-refractivity contribution is -0.119. The molecule has 3 amide bonds. The molecular weight excluding hydrogens is 348 g/mol. The summed E-state index contributed by atoms with van der Waals surface area (Å²) in [4.78, 5) is 28.9.